The van der Waals surface area contributed by atoms with E-state index in [1.165, 1.54) is 23.1 Å². The fraction of sp³-hybridized carbons (Fsp3) is 0.212. The van der Waals surface area contributed by atoms with E-state index in [4.69, 9.17) is 23.2 Å². The van der Waals surface area contributed by atoms with Crippen molar-refractivity contribution in [2.24, 2.45) is 0 Å². The lowest BCUT2D eigenvalue weighted by atomic mass is 10.0. The number of amides is 2. The van der Waals surface area contributed by atoms with Crippen molar-refractivity contribution in [1.29, 1.82) is 0 Å². The van der Waals surface area contributed by atoms with Crippen molar-refractivity contribution in [1.82, 2.24) is 10.2 Å². The highest BCUT2D eigenvalue weighted by Crippen LogP contribution is 2.29. The molecule has 4 aromatic rings. The molecule has 0 unspecified atom stereocenters. The van der Waals surface area contributed by atoms with Crippen LogP contribution in [0.15, 0.2) is 108 Å². The molecule has 0 radical (unpaired) electrons. The van der Waals surface area contributed by atoms with Crippen LogP contribution in [-0.4, -0.2) is 44.3 Å². The third-order valence-electron chi connectivity index (χ3n) is 6.94. The van der Waals surface area contributed by atoms with Crippen LogP contribution in [0.1, 0.15) is 23.6 Å². The molecule has 0 saturated heterocycles. The summed E-state index contributed by atoms with van der Waals surface area (Å²) < 4.78 is 29.0. The minimum atomic E-state index is -4.20. The maximum Gasteiger partial charge on any atom is 0.264 e. The molecule has 0 fully saturated rings. The van der Waals surface area contributed by atoms with Crippen molar-refractivity contribution in [3.63, 3.8) is 0 Å². The van der Waals surface area contributed by atoms with Crippen LogP contribution >= 0.6 is 23.2 Å². The number of nitrogens with one attached hydrogen (secondary N) is 1. The van der Waals surface area contributed by atoms with E-state index in [2.05, 4.69) is 5.32 Å². The first-order valence-corrected chi connectivity index (χ1v) is 16.0. The van der Waals surface area contributed by atoms with Gasteiger partial charge in [-0.15, -0.1) is 0 Å². The van der Waals surface area contributed by atoms with Crippen molar-refractivity contribution >= 4 is 50.7 Å². The molecule has 0 aliphatic rings. The molecule has 7 nitrogen and oxygen atoms in total. The number of halogens is 2. The fourth-order valence-electron chi connectivity index (χ4n) is 4.62. The van der Waals surface area contributed by atoms with Gasteiger partial charge in [-0.3, -0.25) is 13.9 Å². The standard InChI is InChI=1S/C33H33Cl2N3O4S/c1-3-36-33(40)31(20-25-10-6-4-7-11-25)37(22-26-15-17-27(34)18-16-26)32(39)23-38(28-19-14-24(2)30(35)21-28)43(41,42)29-12-8-5-9-13-29/h4-19,21,31H,3,20,22-23H2,1-2H3,(H,36,40)/t31-/m1/s1. The second kappa shape index (κ2) is 14.6. The quantitative estimate of drug-likeness (QED) is 0.198. The zero-order valence-corrected chi connectivity index (χ0v) is 26.2. The first-order chi connectivity index (χ1) is 20.6. The van der Waals surface area contributed by atoms with Gasteiger partial charge >= 0.3 is 0 Å². The van der Waals surface area contributed by atoms with E-state index in [1.807, 2.05) is 37.3 Å². The minimum absolute atomic E-state index is 0.0216. The summed E-state index contributed by atoms with van der Waals surface area (Å²) in [5, 5.41) is 3.74. The number of rotatable bonds is 12. The van der Waals surface area contributed by atoms with E-state index < -0.39 is 28.5 Å². The van der Waals surface area contributed by atoms with Crippen LogP contribution in [0.2, 0.25) is 10.0 Å². The van der Waals surface area contributed by atoms with Crippen molar-refractivity contribution < 1.29 is 18.0 Å². The van der Waals surface area contributed by atoms with Crippen LogP contribution in [0.5, 0.6) is 0 Å². The van der Waals surface area contributed by atoms with Gasteiger partial charge in [0, 0.05) is 29.6 Å². The lowest BCUT2D eigenvalue weighted by Gasteiger charge is -2.34. The summed E-state index contributed by atoms with van der Waals surface area (Å²) in [4.78, 5) is 29.3. The molecule has 10 heteroatoms. The summed E-state index contributed by atoms with van der Waals surface area (Å²) in [6.07, 6.45) is 0.230. The van der Waals surface area contributed by atoms with E-state index in [1.54, 1.807) is 61.5 Å². The van der Waals surface area contributed by atoms with Gasteiger partial charge in [0.25, 0.3) is 10.0 Å². The van der Waals surface area contributed by atoms with Crippen molar-refractivity contribution in [2.75, 3.05) is 17.4 Å². The number of carbonyl (C=O) groups excluding carboxylic acids is 2. The Bertz CT molecular complexity index is 1650. The molecule has 0 heterocycles. The van der Waals surface area contributed by atoms with Crippen LogP contribution in [0.3, 0.4) is 0 Å². The van der Waals surface area contributed by atoms with Crippen LogP contribution in [0.4, 0.5) is 5.69 Å². The van der Waals surface area contributed by atoms with E-state index in [0.717, 1.165) is 21.0 Å². The Morgan fingerprint density at radius 2 is 1.47 bits per heavy atom. The van der Waals surface area contributed by atoms with E-state index >= 15 is 0 Å². The monoisotopic (exact) mass is 637 g/mol. The number of aryl methyl sites for hydroxylation is 1. The Labute approximate surface area is 263 Å². The molecule has 0 spiro atoms. The summed E-state index contributed by atoms with van der Waals surface area (Å²) in [7, 11) is -4.20. The maximum absolute atomic E-state index is 14.3. The van der Waals surface area contributed by atoms with Crippen LogP contribution in [0.25, 0.3) is 0 Å². The molecule has 4 aromatic carbocycles. The van der Waals surface area contributed by atoms with Crippen molar-refractivity contribution in [2.45, 2.75) is 37.8 Å². The highest BCUT2D eigenvalue weighted by atomic mass is 35.5. The lowest BCUT2D eigenvalue weighted by molar-refractivity contribution is -0.140. The molecule has 224 valence electrons. The van der Waals surface area contributed by atoms with Gasteiger partial charge in [-0.2, -0.15) is 0 Å². The number of hydrogen-bond acceptors (Lipinski definition) is 4. The Morgan fingerprint density at radius 1 is 0.837 bits per heavy atom. The van der Waals surface area contributed by atoms with Crippen LogP contribution < -0.4 is 9.62 Å². The predicted molar refractivity (Wildman–Crippen MR) is 172 cm³/mol. The highest BCUT2D eigenvalue weighted by molar-refractivity contribution is 7.92. The number of carbonyl (C=O) groups is 2. The molecule has 1 atom stereocenters. The number of sulfonamides is 1. The van der Waals surface area contributed by atoms with Crippen LogP contribution in [-0.2, 0) is 32.6 Å². The Morgan fingerprint density at radius 3 is 2.07 bits per heavy atom. The van der Waals surface area contributed by atoms with Gasteiger partial charge in [0.2, 0.25) is 11.8 Å². The molecule has 0 saturated carbocycles. The van der Waals surface area contributed by atoms with Gasteiger partial charge in [0.15, 0.2) is 0 Å². The smallest absolute Gasteiger partial charge is 0.264 e. The summed E-state index contributed by atoms with van der Waals surface area (Å²) in [6, 6.07) is 28.2. The topological polar surface area (TPSA) is 86.8 Å². The lowest BCUT2D eigenvalue weighted by Crippen LogP contribution is -2.53. The minimum Gasteiger partial charge on any atom is -0.355 e. The maximum atomic E-state index is 14.3. The van der Waals surface area contributed by atoms with Gasteiger partial charge in [0.05, 0.1) is 10.6 Å². The average Bonchev–Trinajstić information content (AvgIpc) is 3.01. The highest BCUT2D eigenvalue weighted by Gasteiger charge is 2.34. The molecule has 0 aromatic heterocycles. The van der Waals surface area contributed by atoms with E-state index in [-0.39, 0.29) is 29.5 Å². The zero-order valence-electron chi connectivity index (χ0n) is 23.9. The van der Waals surface area contributed by atoms with Crippen LogP contribution in [0, 0.1) is 6.92 Å². The predicted octanol–water partition coefficient (Wildman–Crippen LogP) is 6.27. The number of nitrogens with zero attached hydrogens (tertiary/aromatic N) is 2. The normalized spacial score (nSPS) is 11.9. The molecular weight excluding hydrogens is 605 g/mol. The molecule has 2 amide bonds. The third-order valence-corrected chi connectivity index (χ3v) is 9.39. The first-order valence-electron chi connectivity index (χ1n) is 13.8. The first kappa shape index (κ1) is 32.1. The van der Waals surface area contributed by atoms with Crippen molar-refractivity contribution in [3.05, 3.63) is 130 Å². The molecule has 0 aliphatic carbocycles. The summed E-state index contributed by atoms with van der Waals surface area (Å²) >= 11 is 12.5. The molecule has 1 N–H and O–H groups in total. The number of anilines is 1. The molecular formula is C33H33Cl2N3O4S. The zero-order chi connectivity index (χ0) is 31.0. The Kier molecular flexibility index (Phi) is 10.9. The second-order valence-corrected chi connectivity index (χ2v) is 12.7. The van der Waals surface area contributed by atoms with Gasteiger partial charge < -0.3 is 10.2 Å². The fourth-order valence-corrected chi connectivity index (χ4v) is 6.35. The SMILES string of the molecule is CCNC(=O)[C@@H](Cc1ccccc1)N(Cc1ccc(Cl)cc1)C(=O)CN(c1ccc(C)c(Cl)c1)S(=O)(=O)c1ccccc1. The molecule has 0 aliphatic heterocycles. The number of benzene rings is 4. The Balaban J connectivity index is 1.80. The summed E-state index contributed by atoms with van der Waals surface area (Å²) in [6.45, 7) is 3.47. The van der Waals surface area contributed by atoms with Gasteiger partial charge in [-0.05, 0) is 66.9 Å². The summed E-state index contributed by atoms with van der Waals surface area (Å²) in [5.41, 5.74) is 2.58. The van der Waals surface area contributed by atoms with Gasteiger partial charge in [0.1, 0.15) is 12.6 Å². The third kappa shape index (κ3) is 8.16. The van der Waals surface area contributed by atoms with Crippen molar-refractivity contribution in [3.8, 4) is 0 Å². The second-order valence-electron chi connectivity index (χ2n) is 10.0. The van der Waals surface area contributed by atoms with E-state index in [0.29, 0.717) is 16.6 Å². The van der Waals surface area contributed by atoms with Gasteiger partial charge in [-0.1, -0.05) is 89.9 Å². The largest absolute Gasteiger partial charge is 0.355 e. The summed E-state index contributed by atoms with van der Waals surface area (Å²) in [5.74, 6) is -0.900. The average molecular weight is 639 g/mol. The number of likely N-dealkylation sites (N-methyl/N-ethyl adjacent to an activating group) is 1. The molecule has 0 bridgehead atoms. The van der Waals surface area contributed by atoms with E-state index in [9.17, 15) is 18.0 Å². The Hall–Kier alpha value is -3.85. The molecule has 4 rings (SSSR count). The number of hydrogen-bond donors (Lipinski definition) is 1. The van der Waals surface area contributed by atoms with Gasteiger partial charge in [-0.25, -0.2) is 8.42 Å². The molecule has 43 heavy (non-hydrogen) atoms.